The number of rotatable bonds is 2. The quantitative estimate of drug-likeness (QED) is 0.815. The van der Waals surface area contributed by atoms with Crippen molar-refractivity contribution < 1.29 is 5.11 Å². The molecule has 14 heavy (non-hydrogen) atoms. The van der Waals surface area contributed by atoms with Crippen LogP contribution in [0.5, 0.6) is 0 Å². The summed E-state index contributed by atoms with van der Waals surface area (Å²) in [5, 5.41) is 10.1. The zero-order chi connectivity index (χ0) is 10.4. The van der Waals surface area contributed by atoms with Crippen LogP contribution in [0.1, 0.15) is 26.0 Å². The predicted molar refractivity (Wildman–Crippen MR) is 56.4 cm³/mol. The summed E-state index contributed by atoms with van der Waals surface area (Å²) >= 11 is 5.77. The molecule has 1 N–H and O–H groups in total. The van der Waals surface area contributed by atoms with Crippen LogP contribution in [0.15, 0.2) is 18.3 Å². The zero-order valence-electron chi connectivity index (χ0n) is 8.42. The Bertz CT molecular complexity index is 347. The van der Waals surface area contributed by atoms with Gasteiger partial charge in [-0.05, 0) is 24.0 Å². The molecule has 1 aliphatic carbocycles. The highest BCUT2D eigenvalue weighted by Crippen LogP contribution is 2.63. The van der Waals surface area contributed by atoms with Gasteiger partial charge in [0.25, 0.3) is 0 Å². The van der Waals surface area contributed by atoms with Gasteiger partial charge in [0, 0.05) is 17.3 Å². The van der Waals surface area contributed by atoms with Gasteiger partial charge in [-0.3, -0.25) is 4.98 Å². The second-order valence-corrected chi connectivity index (χ2v) is 5.10. The predicted octanol–water partition coefficient (Wildman–Crippen LogP) is 2.40. The molecule has 1 atom stereocenters. The molecule has 76 valence electrons. The molecule has 1 saturated carbocycles. The van der Waals surface area contributed by atoms with Crippen molar-refractivity contribution in [2.24, 2.45) is 5.41 Å². The van der Waals surface area contributed by atoms with Gasteiger partial charge in [-0.15, -0.1) is 0 Å². The van der Waals surface area contributed by atoms with Gasteiger partial charge in [0.2, 0.25) is 0 Å². The first-order chi connectivity index (χ1) is 6.52. The normalized spacial score (nSPS) is 28.9. The summed E-state index contributed by atoms with van der Waals surface area (Å²) in [6, 6.07) is 3.74. The van der Waals surface area contributed by atoms with Crippen molar-refractivity contribution in [2.75, 3.05) is 6.61 Å². The minimum absolute atomic E-state index is 0.141. The number of pyridine rings is 1. The summed E-state index contributed by atoms with van der Waals surface area (Å²) in [6.45, 7) is 4.47. The maximum atomic E-state index is 9.44. The molecular formula is C11H14ClNO. The smallest absolute Gasteiger partial charge is 0.0589 e. The van der Waals surface area contributed by atoms with Crippen molar-refractivity contribution in [3.8, 4) is 0 Å². The van der Waals surface area contributed by atoms with Crippen LogP contribution in [-0.2, 0) is 5.41 Å². The molecule has 0 saturated heterocycles. The van der Waals surface area contributed by atoms with E-state index in [-0.39, 0.29) is 17.4 Å². The van der Waals surface area contributed by atoms with Crippen molar-refractivity contribution in [3.05, 3.63) is 29.0 Å². The number of aromatic nitrogens is 1. The van der Waals surface area contributed by atoms with Gasteiger partial charge in [-0.25, -0.2) is 0 Å². The molecule has 1 heterocycles. The summed E-state index contributed by atoms with van der Waals surface area (Å²) in [7, 11) is 0. The van der Waals surface area contributed by atoms with Gasteiger partial charge < -0.3 is 5.11 Å². The monoisotopic (exact) mass is 211 g/mol. The molecule has 0 aliphatic heterocycles. The molecule has 3 heteroatoms. The Morgan fingerprint density at radius 1 is 1.50 bits per heavy atom. The fourth-order valence-electron chi connectivity index (χ4n) is 2.16. The third-order valence-corrected chi connectivity index (χ3v) is 3.63. The van der Waals surface area contributed by atoms with Gasteiger partial charge >= 0.3 is 0 Å². The van der Waals surface area contributed by atoms with Gasteiger partial charge in [0.1, 0.15) is 0 Å². The number of aliphatic hydroxyl groups is 1. The van der Waals surface area contributed by atoms with Crippen LogP contribution in [0.25, 0.3) is 0 Å². The fraction of sp³-hybridized carbons (Fsp3) is 0.545. The molecule has 0 bridgehead atoms. The van der Waals surface area contributed by atoms with Gasteiger partial charge in [-0.1, -0.05) is 25.4 Å². The van der Waals surface area contributed by atoms with Gasteiger partial charge in [0.15, 0.2) is 0 Å². The maximum Gasteiger partial charge on any atom is 0.0589 e. The van der Waals surface area contributed by atoms with E-state index in [2.05, 4.69) is 18.8 Å². The molecule has 0 radical (unpaired) electrons. The van der Waals surface area contributed by atoms with Crippen molar-refractivity contribution in [1.29, 1.82) is 0 Å². The highest BCUT2D eigenvalue weighted by molar-refractivity contribution is 6.30. The van der Waals surface area contributed by atoms with Crippen molar-refractivity contribution in [2.45, 2.75) is 25.7 Å². The van der Waals surface area contributed by atoms with Crippen molar-refractivity contribution >= 4 is 11.6 Å². The number of halogens is 1. The minimum Gasteiger partial charge on any atom is -0.395 e. The Morgan fingerprint density at radius 2 is 2.14 bits per heavy atom. The van der Waals surface area contributed by atoms with Gasteiger partial charge in [-0.2, -0.15) is 0 Å². The van der Waals surface area contributed by atoms with E-state index in [4.69, 9.17) is 11.6 Å². The van der Waals surface area contributed by atoms with Crippen LogP contribution in [-0.4, -0.2) is 16.7 Å². The van der Waals surface area contributed by atoms with Crippen LogP contribution in [0.3, 0.4) is 0 Å². The first-order valence-corrected chi connectivity index (χ1v) is 5.12. The van der Waals surface area contributed by atoms with Crippen LogP contribution >= 0.6 is 11.6 Å². The molecule has 1 aliphatic rings. The lowest BCUT2D eigenvalue weighted by molar-refractivity contribution is 0.228. The second-order valence-electron chi connectivity index (χ2n) is 4.66. The van der Waals surface area contributed by atoms with Crippen LogP contribution in [0, 0.1) is 5.41 Å². The highest BCUT2D eigenvalue weighted by Gasteiger charge is 2.62. The second kappa shape index (κ2) is 2.94. The topological polar surface area (TPSA) is 33.1 Å². The van der Waals surface area contributed by atoms with E-state index in [1.54, 1.807) is 6.20 Å². The average Bonchev–Trinajstić information content (AvgIpc) is 2.71. The highest BCUT2D eigenvalue weighted by atomic mass is 35.5. The Labute approximate surface area is 88.9 Å². The standard InChI is InChI=1S/C11H14ClNO/c1-10(2)6-11(10,7-14)9-4-3-8(12)5-13-9/h3-5,14H,6-7H2,1-2H3. The van der Waals surface area contributed by atoms with Crippen LogP contribution in [0.4, 0.5) is 0 Å². The first-order valence-electron chi connectivity index (χ1n) is 4.75. The molecule has 1 unspecified atom stereocenters. The fourth-order valence-corrected chi connectivity index (χ4v) is 2.27. The van der Waals surface area contributed by atoms with Crippen molar-refractivity contribution in [3.63, 3.8) is 0 Å². The van der Waals surface area contributed by atoms with E-state index < -0.39 is 0 Å². The number of hydrogen-bond donors (Lipinski definition) is 1. The zero-order valence-corrected chi connectivity index (χ0v) is 9.17. The van der Waals surface area contributed by atoms with E-state index in [9.17, 15) is 5.11 Å². The lowest BCUT2D eigenvalue weighted by Crippen LogP contribution is -2.20. The SMILES string of the molecule is CC1(C)CC1(CO)c1ccc(Cl)cn1. The number of aliphatic hydroxyl groups excluding tert-OH is 1. The molecule has 1 aromatic heterocycles. The summed E-state index contributed by atoms with van der Waals surface area (Å²) in [4.78, 5) is 4.29. The molecule has 0 aromatic carbocycles. The summed E-state index contributed by atoms with van der Waals surface area (Å²) in [6.07, 6.45) is 2.63. The minimum atomic E-state index is -0.141. The number of nitrogens with zero attached hydrogens (tertiary/aromatic N) is 1. The van der Waals surface area contributed by atoms with E-state index in [0.717, 1.165) is 12.1 Å². The lowest BCUT2D eigenvalue weighted by Gasteiger charge is -2.16. The van der Waals surface area contributed by atoms with E-state index >= 15 is 0 Å². The third-order valence-electron chi connectivity index (χ3n) is 3.40. The van der Waals surface area contributed by atoms with Crippen molar-refractivity contribution in [1.82, 2.24) is 4.98 Å². The third kappa shape index (κ3) is 1.25. The van der Waals surface area contributed by atoms with Gasteiger partial charge in [0.05, 0.1) is 11.6 Å². The van der Waals surface area contributed by atoms with E-state index in [0.29, 0.717) is 5.02 Å². The molecule has 0 spiro atoms. The summed E-state index contributed by atoms with van der Waals surface area (Å²) in [5.74, 6) is 0. The number of hydrogen-bond acceptors (Lipinski definition) is 2. The summed E-state index contributed by atoms with van der Waals surface area (Å²) in [5.41, 5.74) is 0.967. The molecular weight excluding hydrogens is 198 g/mol. The largest absolute Gasteiger partial charge is 0.395 e. The summed E-state index contributed by atoms with van der Waals surface area (Å²) < 4.78 is 0. The van der Waals surface area contributed by atoms with Crippen LogP contribution in [0.2, 0.25) is 5.02 Å². The Balaban J connectivity index is 2.36. The van der Waals surface area contributed by atoms with Crippen LogP contribution < -0.4 is 0 Å². The average molecular weight is 212 g/mol. The first kappa shape index (κ1) is 9.94. The van der Waals surface area contributed by atoms with E-state index in [1.807, 2.05) is 12.1 Å². The molecule has 0 amide bonds. The molecule has 1 aromatic rings. The van der Waals surface area contributed by atoms with E-state index in [1.165, 1.54) is 0 Å². The lowest BCUT2D eigenvalue weighted by atomic mass is 9.93. The molecule has 1 fully saturated rings. The Morgan fingerprint density at radius 3 is 2.50 bits per heavy atom. The molecule has 2 nitrogen and oxygen atoms in total. The molecule has 2 rings (SSSR count). The maximum absolute atomic E-state index is 9.44. The Kier molecular flexibility index (Phi) is 2.09. The Hall–Kier alpha value is -0.600.